The van der Waals surface area contributed by atoms with Gasteiger partial charge < -0.3 is 15.4 Å². The molecular formula is C11H20N2O2. The van der Waals surface area contributed by atoms with Crippen molar-refractivity contribution < 1.29 is 9.53 Å². The summed E-state index contributed by atoms with van der Waals surface area (Å²) >= 11 is 0. The molecule has 0 aromatic rings. The highest BCUT2D eigenvalue weighted by atomic mass is 16.5. The Bertz CT molecular complexity index is 209. The third kappa shape index (κ3) is 3.47. The zero-order chi connectivity index (χ0) is 10.5. The molecule has 2 heterocycles. The van der Waals surface area contributed by atoms with Crippen LogP contribution in [0.5, 0.6) is 0 Å². The molecule has 2 aliphatic heterocycles. The lowest BCUT2D eigenvalue weighted by atomic mass is 10.1. The molecule has 2 rings (SSSR count). The second kappa shape index (κ2) is 5.47. The second-order valence-electron chi connectivity index (χ2n) is 4.45. The highest BCUT2D eigenvalue weighted by Gasteiger charge is 2.21. The van der Waals surface area contributed by atoms with Crippen LogP contribution in [-0.2, 0) is 9.53 Å². The summed E-state index contributed by atoms with van der Waals surface area (Å²) in [6.45, 7) is 2.76. The molecule has 1 amide bonds. The molecule has 15 heavy (non-hydrogen) atoms. The standard InChI is InChI=1S/C11H20N2O2/c14-11(13-9-4-5-12-8-9)7-10-3-1-2-6-15-10/h9-10,12H,1-8H2,(H,13,14)/t9-,10?/m1/s1. The molecule has 2 fully saturated rings. The van der Waals surface area contributed by atoms with Crippen LogP contribution in [0.4, 0.5) is 0 Å². The molecule has 2 atom stereocenters. The van der Waals surface area contributed by atoms with E-state index in [0.717, 1.165) is 39.0 Å². The van der Waals surface area contributed by atoms with Crippen LogP contribution < -0.4 is 10.6 Å². The fourth-order valence-electron chi connectivity index (χ4n) is 2.24. The summed E-state index contributed by atoms with van der Waals surface area (Å²) in [6, 6.07) is 0.334. The van der Waals surface area contributed by atoms with E-state index in [2.05, 4.69) is 10.6 Å². The van der Waals surface area contributed by atoms with E-state index in [0.29, 0.717) is 12.5 Å². The van der Waals surface area contributed by atoms with Gasteiger partial charge in [0.05, 0.1) is 12.5 Å². The predicted octanol–water partition coefficient (Wildman–Crippen LogP) is 0.424. The number of carbonyl (C=O) groups excluding carboxylic acids is 1. The third-order valence-corrected chi connectivity index (χ3v) is 3.11. The highest BCUT2D eigenvalue weighted by Crippen LogP contribution is 2.15. The number of rotatable bonds is 3. The molecule has 0 aliphatic carbocycles. The molecule has 0 radical (unpaired) electrons. The normalized spacial score (nSPS) is 31.5. The number of nitrogens with one attached hydrogen (secondary N) is 2. The Balaban J connectivity index is 1.66. The second-order valence-corrected chi connectivity index (χ2v) is 4.45. The van der Waals surface area contributed by atoms with Crippen LogP contribution in [0, 0.1) is 0 Å². The van der Waals surface area contributed by atoms with Crippen molar-refractivity contribution in [3.63, 3.8) is 0 Å². The summed E-state index contributed by atoms with van der Waals surface area (Å²) in [6.07, 6.45) is 5.13. The molecule has 86 valence electrons. The molecule has 2 aliphatic rings. The molecule has 2 saturated heterocycles. The van der Waals surface area contributed by atoms with E-state index in [1.807, 2.05) is 0 Å². The van der Waals surface area contributed by atoms with Gasteiger partial charge in [0.15, 0.2) is 0 Å². The molecule has 4 nitrogen and oxygen atoms in total. The first-order valence-corrected chi connectivity index (χ1v) is 5.96. The number of amides is 1. The lowest BCUT2D eigenvalue weighted by molar-refractivity contribution is -0.125. The Morgan fingerprint density at radius 2 is 2.33 bits per heavy atom. The topological polar surface area (TPSA) is 50.4 Å². The lowest BCUT2D eigenvalue weighted by Crippen LogP contribution is -2.38. The molecule has 0 spiro atoms. The van der Waals surface area contributed by atoms with Gasteiger partial charge in [0, 0.05) is 19.2 Å². The zero-order valence-corrected chi connectivity index (χ0v) is 9.13. The third-order valence-electron chi connectivity index (χ3n) is 3.11. The minimum Gasteiger partial charge on any atom is -0.378 e. The summed E-state index contributed by atoms with van der Waals surface area (Å²) in [7, 11) is 0. The quantitative estimate of drug-likeness (QED) is 0.713. The van der Waals surface area contributed by atoms with Crippen LogP contribution in [0.25, 0.3) is 0 Å². The first-order valence-electron chi connectivity index (χ1n) is 5.96. The van der Waals surface area contributed by atoms with Gasteiger partial charge in [-0.3, -0.25) is 4.79 Å². The van der Waals surface area contributed by atoms with Crippen molar-refractivity contribution >= 4 is 5.91 Å². The van der Waals surface area contributed by atoms with Crippen LogP contribution in [0.3, 0.4) is 0 Å². The Kier molecular flexibility index (Phi) is 3.97. The van der Waals surface area contributed by atoms with Crippen molar-refractivity contribution in [1.29, 1.82) is 0 Å². The zero-order valence-electron chi connectivity index (χ0n) is 9.13. The predicted molar refractivity (Wildman–Crippen MR) is 57.6 cm³/mol. The number of hydrogen-bond acceptors (Lipinski definition) is 3. The van der Waals surface area contributed by atoms with Crippen molar-refractivity contribution in [2.24, 2.45) is 0 Å². The molecule has 0 bridgehead atoms. The van der Waals surface area contributed by atoms with Crippen LogP contribution in [0.1, 0.15) is 32.1 Å². The first kappa shape index (κ1) is 10.9. The smallest absolute Gasteiger partial charge is 0.222 e. The van der Waals surface area contributed by atoms with Gasteiger partial charge in [-0.15, -0.1) is 0 Å². The monoisotopic (exact) mass is 212 g/mol. The van der Waals surface area contributed by atoms with E-state index >= 15 is 0 Å². The first-order chi connectivity index (χ1) is 7.34. The average molecular weight is 212 g/mol. The van der Waals surface area contributed by atoms with Crippen molar-refractivity contribution in [2.45, 2.75) is 44.2 Å². The van der Waals surface area contributed by atoms with Crippen molar-refractivity contribution in [1.82, 2.24) is 10.6 Å². The largest absolute Gasteiger partial charge is 0.378 e. The van der Waals surface area contributed by atoms with Crippen molar-refractivity contribution in [3.8, 4) is 0 Å². The molecule has 0 aromatic heterocycles. The number of hydrogen-bond donors (Lipinski definition) is 2. The van der Waals surface area contributed by atoms with Gasteiger partial charge in [-0.25, -0.2) is 0 Å². The van der Waals surface area contributed by atoms with Gasteiger partial charge in [0.25, 0.3) is 0 Å². The van der Waals surface area contributed by atoms with Gasteiger partial charge in [0.1, 0.15) is 0 Å². The molecule has 4 heteroatoms. The Labute approximate surface area is 90.8 Å². The SMILES string of the molecule is O=C(CC1CCCCO1)N[C@@H]1CCNC1. The Morgan fingerprint density at radius 1 is 1.40 bits per heavy atom. The summed E-state index contributed by atoms with van der Waals surface area (Å²) in [5.41, 5.74) is 0. The van der Waals surface area contributed by atoms with Crippen molar-refractivity contribution in [3.05, 3.63) is 0 Å². The van der Waals surface area contributed by atoms with E-state index in [4.69, 9.17) is 4.74 Å². The number of ether oxygens (including phenoxy) is 1. The summed E-state index contributed by atoms with van der Waals surface area (Å²) in [4.78, 5) is 11.6. The molecule has 2 N–H and O–H groups in total. The Morgan fingerprint density at radius 3 is 3.00 bits per heavy atom. The fourth-order valence-corrected chi connectivity index (χ4v) is 2.24. The summed E-state index contributed by atoms with van der Waals surface area (Å²) in [5.74, 6) is 0.149. The van der Waals surface area contributed by atoms with Gasteiger partial charge in [-0.05, 0) is 32.2 Å². The summed E-state index contributed by atoms with van der Waals surface area (Å²) < 4.78 is 5.54. The van der Waals surface area contributed by atoms with E-state index in [1.54, 1.807) is 0 Å². The van der Waals surface area contributed by atoms with Gasteiger partial charge in [-0.2, -0.15) is 0 Å². The van der Waals surface area contributed by atoms with Gasteiger partial charge in [-0.1, -0.05) is 0 Å². The van der Waals surface area contributed by atoms with Gasteiger partial charge >= 0.3 is 0 Å². The van der Waals surface area contributed by atoms with Crippen LogP contribution >= 0.6 is 0 Å². The van der Waals surface area contributed by atoms with Gasteiger partial charge in [0.2, 0.25) is 5.91 Å². The van der Waals surface area contributed by atoms with Crippen LogP contribution in [-0.4, -0.2) is 37.7 Å². The van der Waals surface area contributed by atoms with E-state index in [1.165, 1.54) is 6.42 Å². The van der Waals surface area contributed by atoms with Crippen LogP contribution in [0.2, 0.25) is 0 Å². The maximum absolute atomic E-state index is 11.6. The van der Waals surface area contributed by atoms with Crippen LogP contribution in [0.15, 0.2) is 0 Å². The summed E-state index contributed by atoms with van der Waals surface area (Å²) in [5, 5.41) is 6.28. The van der Waals surface area contributed by atoms with E-state index in [9.17, 15) is 4.79 Å². The minimum atomic E-state index is 0.149. The lowest BCUT2D eigenvalue weighted by Gasteiger charge is -2.22. The highest BCUT2D eigenvalue weighted by molar-refractivity contribution is 5.76. The fraction of sp³-hybridized carbons (Fsp3) is 0.909. The Hall–Kier alpha value is -0.610. The molecule has 0 aromatic carbocycles. The van der Waals surface area contributed by atoms with E-state index < -0.39 is 0 Å². The van der Waals surface area contributed by atoms with E-state index in [-0.39, 0.29) is 12.0 Å². The maximum atomic E-state index is 11.6. The minimum absolute atomic E-state index is 0.149. The molecule has 0 saturated carbocycles. The van der Waals surface area contributed by atoms with Crippen molar-refractivity contribution in [2.75, 3.05) is 19.7 Å². The molecule has 1 unspecified atom stereocenters. The average Bonchev–Trinajstić information content (AvgIpc) is 2.71. The maximum Gasteiger partial charge on any atom is 0.222 e. The molecular weight excluding hydrogens is 192 g/mol. The number of carbonyl (C=O) groups is 1.